The van der Waals surface area contributed by atoms with Crippen LogP contribution < -0.4 is 4.72 Å². The molecule has 1 fully saturated rings. The number of imidazole rings is 1. The maximum absolute atomic E-state index is 13.1. The Kier molecular flexibility index (Phi) is 5.59. The van der Waals surface area contributed by atoms with Crippen molar-refractivity contribution in [2.75, 3.05) is 17.8 Å². The van der Waals surface area contributed by atoms with Crippen molar-refractivity contribution >= 4 is 25.7 Å². The van der Waals surface area contributed by atoms with E-state index in [1.165, 1.54) is 27.5 Å². The van der Waals surface area contributed by atoms with Crippen LogP contribution in [0.3, 0.4) is 0 Å². The Bertz CT molecular complexity index is 1020. The molecule has 0 atom stereocenters. The lowest BCUT2D eigenvalue weighted by Gasteiger charge is -2.21. The predicted molar refractivity (Wildman–Crippen MR) is 102 cm³/mol. The summed E-state index contributed by atoms with van der Waals surface area (Å²) in [5.41, 5.74) is 0.777. The second-order valence-corrected chi connectivity index (χ2v) is 10.3. The van der Waals surface area contributed by atoms with E-state index in [9.17, 15) is 16.8 Å². The first-order valence-electron chi connectivity index (χ1n) is 8.82. The second kappa shape index (κ2) is 7.61. The molecule has 2 aromatic rings. The number of rotatable bonds is 5. The van der Waals surface area contributed by atoms with Crippen molar-refractivity contribution in [2.24, 2.45) is 7.05 Å². The van der Waals surface area contributed by atoms with Gasteiger partial charge >= 0.3 is 0 Å². The highest BCUT2D eigenvalue weighted by molar-refractivity contribution is 7.92. The van der Waals surface area contributed by atoms with E-state index in [0.29, 0.717) is 18.7 Å². The van der Waals surface area contributed by atoms with Crippen molar-refractivity contribution in [2.45, 2.75) is 42.5 Å². The van der Waals surface area contributed by atoms with Crippen molar-refractivity contribution in [3.8, 4) is 0 Å². The average molecular weight is 413 g/mol. The number of hydrogen-bond acceptors (Lipinski definition) is 5. The van der Waals surface area contributed by atoms with E-state index < -0.39 is 20.0 Å². The van der Waals surface area contributed by atoms with Gasteiger partial charge in [-0.15, -0.1) is 0 Å². The number of anilines is 1. The van der Waals surface area contributed by atoms with E-state index >= 15 is 0 Å². The highest BCUT2D eigenvalue weighted by Gasteiger charge is 2.27. The average Bonchev–Trinajstić information content (AvgIpc) is 2.87. The molecule has 1 saturated heterocycles. The fraction of sp³-hybridized carbons (Fsp3) is 0.471. The summed E-state index contributed by atoms with van der Waals surface area (Å²) in [6.07, 6.45) is 6.49. The molecule has 0 unspecified atom stereocenters. The summed E-state index contributed by atoms with van der Waals surface area (Å²) in [7, 11) is -5.89. The normalized spacial score (nSPS) is 16.8. The zero-order valence-electron chi connectivity index (χ0n) is 15.4. The third kappa shape index (κ3) is 4.33. The molecule has 0 saturated carbocycles. The molecule has 1 aromatic heterocycles. The van der Waals surface area contributed by atoms with Gasteiger partial charge in [0.15, 0.2) is 5.03 Å². The lowest BCUT2D eigenvalue weighted by molar-refractivity contribution is 0.423. The summed E-state index contributed by atoms with van der Waals surface area (Å²) in [6, 6.07) is 4.55. The minimum absolute atomic E-state index is 0.123. The van der Waals surface area contributed by atoms with Gasteiger partial charge in [-0.2, -0.15) is 12.7 Å². The molecular formula is C17H24N4O4S2. The van der Waals surface area contributed by atoms with Crippen LogP contribution in [0, 0.1) is 6.92 Å². The van der Waals surface area contributed by atoms with Gasteiger partial charge in [0.1, 0.15) is 0 Å². The monoisotopic (exact) mass is 412 g/mol. The van der Waals surface area contributed by atoms with E-state index in [1.54, 1.807) is 26.1 Å². The van der Waals surface area contributed by atoms with E-state index in [-0.39, 0.29) is 15.6 Å². The molecule has 1 N–H and O–H groups in total. The number of sulfonamides is 2. The van der Waals surface area contributed by atoms with Crippen molar-refractivity contribution in [3.05, 3.63) is 36.3 Å². The van der Waals surface area contributed by atoms with E-state index in [0.717, 1.165) is 25.7 Å². The van der Waals surface area contributed by atoms with Gasteiger partial charge in [0.2, 0.25) is 10.0 Å². The molecule has 1 aromatic carbocycles. The number of hydrogen-bond donors (Lipinski definition) is 1. The summed E-state index contributed by atoms with van der Waals surface area (Å²) in [5.74, 6) is 0. The van der Waals surface area contributed by atoms with Crippen LogP contribution in [0.4, 0.5) is 5.69 Å². The molecule has 0 bridgehead atoms. The molecule has 148 valence electrons. The van der Waals surface area contributed by atoms with Crippen LogP contribution in [0.1, 0.15) is 31.2 Å². The molecule has 27 heavy (non-hydrogen) atoms. The van der Waals surface area contributed by atoms with Gasteiger partial charge in [-0.05, 0) is 37.5 Å². The van der Waals surface area contributed by atoms with E-state index in [2.05, 4.69) is 9.71 Å². The Morgan fingerprint density at radius 2 is 1.70 bits per heavy atom. The summed E-state index contributed by atoms with van der Waals surface area (Å²) in [5, 5.41) is -0.123. The van der Waals surface area contributed by atoms with Gasteiger partial charge in [0.05, 0.1) is 16.9 Å². The Morgan fingerprint density at radius 3 is 2.30 bits per heavy atom. The van der Waals surface area contributed by atoms with E-state index in [1.807, 2.05) is 0 Å². The predicted octanol–water partition coefficient (Wildman–Crippen LogP) is 2.09. The Morgan fingerprint density at radius 1 is 1.04 bits per heavy atom. The topological polar surface area (TPSA) is 101 Å². The standard InChI is InChI=1S/C17H24N4O4S2/c1-14-7-8-15(19-26(22,23)17-12-20(2)13-18-17)11-16(14)27(24,25)21-9-5-3-4-6-10-21/h7-8,11-13,19H,3-6,9-10H2,1-2H3. The fourth-order valence-electron chi connectivity index (χ4n) is 3.10. The maximum Gasteiger partial charge on any atom is 0.280 e. The number of nitrogens with zero attached hydrogens (tertiary/aromatic N) is 3. The minimum Gasteiger partial charge on any atom is -0.339 e. The Balaban J connectivity index is 1.92. The maximum atomic E-state index is 13.1. The molecule has 8 nitrogen and oxygen atoms in total. The van der Waals surface area contributed by atoms with E-state index in [4.69, 9.17) is 0 Å². The minimum atomic E-state index is -3.89. The number of aromatic nitrogens is 2. The molecule has 0 amide bonds. The van der Waals surface area contributed by atoms with Gasteiger partial charge in [-0.1, -0.05) is 18.9 Å². The number of nitrogens with one attached hydrogen (secondary N) is 1. The zero-order valence-corrected chi connectivity index (χ0v) is 17.1. The zero-order chi connectivity index (χ0) is 19.7. The van der Waals surface area contributed by atoms with Crippen LogP contribution in [-0.4, -0.2) is 43.8 Å². The lowest BCUT2D eigenvalue weighted by Crippen LogP contribution is -2.32. The lowest BCUT2D eigenvalue weighted by atomic mass is 10.2. The largest absolute Gasteiger partial charge is 0.339 e. The first-order chi connectivity index (χ1) is 12.7. The highest BCUT2D eigenvalue weighted by atomic mass is 32.2. The number of aryl methyl sites for hydroxylation is 2. The molecule has 1 aliphatic rings. The summed E-state index contributed by atoms with van der Waals surface area (Å²) in [6.45, 7) is 2.69. The highest BCUT2D eigenvalue weighted by Crippen LogP contribution is 2.26. The molecule has 10 heteroatoms. The SMILES string of the molecule is Cc1ccc(NS(=O)(=O)c2cn(C)cn2)cc1S(=O)(=O)N1CCCCCC1. The Labute approximate surface area is 160 Å². The summed E-state index contributed by atoms with van der Waals surface area (Å²) in [4.78, 5) is 3.97. The second-order valence-electron chi connectivity index (χ2n) is 6.78. The van der Waals surface area contributed by atoms with Crippen molar-refractivity contribution in [1.29, 1.82) is 0 Å². The third-order valence-corrected chi connectivity index (χ3v) is 7.89. The summed E-state index contributed by atoms with van der Waals surface area (Å²) >= 11 is 0. The van der Waals surface area contributed by atoms with Crippen LogP contribution in [0.5, 0.6) is 0 Å². The van der Waals surface area contributed by atoms with Crippen LogP contribution in [0.2, 0.25) is 0 Å². The molecule has 0 aliphatic carbocycles. The quantitative estimate of drug-likeness (QED) is 0.810. The van der Waals surface area contributed by atoms with Crippen LogP contribution in [-0.2, 0) is 27.1 Å². The number of benzene rings is 1. The molecule has 2 heterocycles. The van der Waals surface area contributed by atoms with Gasteiger partial charge in [-0.3, -0.25) is 4.72 Å². The molecule has 0 spiro atoms. The molecule has 3 rings (SSSR count). The third-order valence-electron chi connectivity index (χ3n) is 4.58. The van der Waals surface area contributed by atoms with Gasteiger partial charge in [-0.25, -0.2) is 13.4 Å². The summed E-state index contributed by atoms with van der Waals surface area (Å²) < 4.78 is 56.5. The van der Waals surface area contributed by atoms with Crippen LogP contribution >= 0.6 is 0 Å². The van der Waals surface area contributed by atoms with Gasteiger partial charge in [0, 0.05) is 26.3 Å². The Hall–Kier alpha value is -1.91. The van der Waals surface area contributed by atoms with Crippen molar-refractivity contribution in [3.63, 3.8) is 0 Å². The van der Waals surface area contributed by atoms with Gasteiger partial charge in [0.25, 0.3) is 10.0 Å². The molecular weight excluding hydrogens is 388 g/mol. The molecule has 0 radical (unpaired) electrons. The first kappa shape index (κ1) is 19.8. The van der Waals surface area contributed by atoms with Crippen LogP contribution in [0.15, 0.2) is 40.6 Å². The van der Waals surface area contributed by atoms with Crippen molar-refractivity contribution < 1.29 is 16.8 Å². The molecule has 1 aliphatic heterocycles. The van der Waals surface area contributed by atoms with Crippen molar-refractivity contribution in [1.82, 2.24) is 13.9 Å². The first-order valence-corrected chi connectivity index (χ1v) is 11.7. The van der Waals surface area contributed by atoms with Gasteiger partial charge < -0.3 is 4.57 Å². The smallest absolute Gasteiger partial charge is 0.280 e. The van der Waals surface area contributed by atoms with Crippen LogP contribution in [0.25, 0.3) is 0 Å². The fourth-order valence-corrected chi connectivity index (χ4v) is 5.90.